The van der Waals surface area contributed by atoms with Gasteiger partial charge in [0.25, 0.3) is 0 Å². The normalized spacial score (nSPS) is 20.2. The van der Waals surface area contributed by atoms with Crippen LogP contribution in [0.1, 0.15) is 49.7 Å². The molecule has 0 radical (unpaired) electrons. The maximum atomic E-state index is 11.9. The molecule has 0 unspecified atom stereocenters. The van der Waals surface area contributed by atoms with Crippen molar-refractivity contribution in [2.24, 2.45) is 0 Å². The first-order chi connectivity index (χ1) is 11.1. The third-order valence-electron chi connectivity index (χ3n) is 5.21. The molecule has 126 valence electrons. The van der Waals surface area contributed by atoms with Crippen LogP contribution in [0.3, 0.4) is 0 Å². The van der Waals surface area contributed by atoms with E-state index < -0.39 is 5.60 Å². The lowest BCUT2D eigenvalue weighted by atomic mass is 9.98. The molecule has 0 saturated heterocycles. The van der Waals surface area contributed by atoms with Crippen LogP contribution in [0.5, 0.6) is 0 Å². The molecule has 1 saturated carbocycles. The quantitative estimate of drug-likeness (QED) is 0.792. The Hall–Kier alpha value is -1.39. The van der Waals surface area contributed by atoms with Gasteiger partial charge in [-0.3, -0.25) is 9.69 Å². The highest BCUT2D eigenvalue weighted by Crippen LogP contribution is 2.32. The SMILES string of the molecule is O=C(CC1(O)CCCC1)NCCCN1CCc2ccccc2C1. The first-order valence-corrected chi connectivity index (χ1v) is 8.93. The van der Waals surface area contributed by atoms with Gasteiger partial charge < -0.3 is 10.4 Å². The molecule has 0 spiro atoms. The van der Waals surface area contributed by atoms with Crippen molar-refractivity contribution in [2.75, 3.05) is 19.6 Å². The molecular weight excluding hydrogens is 288 g/mol. The van der Waals surface area contributed by atoms with Crippen LogP contribution in [0, 0.1) is 0 Å². The number of carbonyl (C=O) groups excluding carboxylic acids is 1. The van der Waals surface area contributed by atoms with Gasteiger partial charge in [-0.1, -0.05) is 37.1 Å². The molecule has 1 heterocycles. The Labute approximate surface area is 138 Å². The number of amides is 1. The fourth-order valence-corrected chi connectivity index (χ4v) is 3.85. The highest BCUT2D eigenvalue weighted by Gasteiger charge is 2.33. The zero-order valence-electron chi connectivity index (χ0n) is 13.9. The predicted molar refractivity (Wildman–Crippen MR) is 91.1 cm³/mol. The molecule has 4 nitrogen and oxygen atoms in total. The number of carbonyl (C=O) groups is 1. The number of nitrogens with zero attached hydrogens (tertiary/aromatic N) is 1. The van der Waals surface area contributed by atoms with E-state index in [0.29, 0.717) is 6.54 Å². The summed E-state index contributed by atoms with van der Waals surface area (Å²) in [4.78, 5) is 14.4. The number of fused-ring (bicyclic) bond motifs is 1. The van der Waals surface area contributed by atoms with Crippen molar-refractivity contribution in [1.82, 2.24) is 10.2 Å². The van der Waals surface area contributed by atoms with Gasteiger partial charge in [0.2, 0.25) is 5.91 Å². The van der Waals surface area contributed by atoms with E-state index in [1.807, 2.05) is 0 Å². The molecule has 1 aromatic carbocycles. The van der Waals surface area contributed by atoms with Gasteiger partial charge in [-0.15, -0.1) is 0 Å². The second-order valence-electron chi connectivity index (χ2n) is 7.11. The zero-order valence-corrected chi connectivity index (χ0v) is 13.9. The van der Waals surface area contributed by atoms with Crippen LogP contribution in [-0.4, -0.2) is 41.1 Å². The van der Waals surface area contributed by atoms with E-state index in [4.69, 9.17) is 0 Å². The minimum Gasteiger partial charge on any atom is -0.389 e. The summed E-state index contributed by atoms with van der Waals surface area (Å²) < 4.78 is 0. The molecule has 2 aliphatic rings. The Morgan fingerprint density at radius 3 is 2.74 bits per heavy atom. The number of nitrogens with one attached hydrogen (secondary N) is 1. The molecule has 2 N–H and O–H groups in total. The van der Waals surface area contributed by atoms with Gasteiger partial charge in [0.15, 0.2) is 0 Å². The monoisotopic (exact) mass is 316 g/mol. The highest BCUT2D eigenvalue weighted by atomic mass is 16.3. The van der Waals surface area contributed by atoms with Crippen LogP contribution in [0.15, 0.2) is 24.3 Å². The van der Waals surface area contributed by atoms with Crippen molar-refractivity contribution in [3.05, 3.63) is 35.4 Å². The van der Waals surface area contributed by atoms with Crippen molar-refractivity contribution in [2.45, 2.75) is 57.1 Å². The van der Waals surface area contributed by atoms with Crippen LogP contribution in [-0.2, 0) is 17.8 Å². The Balaban J connectivity index is 1.33. The summed E-state index contributed by atoms with van der Waals surface area (Å²) in [7, 11) is 0. The van der Waals surface area contributed by atoms with Gasteiger partial charge in [0.05, 0.1) is 12.0 Å². The second kappa shape index (κ2) is 7.45. The maximum Gasteiger partial charge on any atom is 0.222 e. The molecule has 1 aromatic rings. The predicted octanol–water partition coefficient (Wildman–Crippen LogP) is 2.25. The minimum atomic E-state index is -0.735. The van der Waals surface area contributed by atoms with E-state index in [1.165, 1.54) is 11.1 Å². The largest absolute Gasteiger partial charge is 0.389 e. The van der Waals surface area contributed by atoms with Gasteiger partial charge in [0, 0.05) is 26.2 Å². The first-order valence-electron chi connectivity index (χ1n) is 8.93. The lowest BCUT2D eigenvalue weighted by Crippen LogP contribution is -2.36. The number of hydrogen-bond donors (Lipinski definition) is 2. The van der Waals surface area contributed by atoms with Gasteiger partial charge >= 0.3 is 0 Å². The zero-order chi connectivity index (χ0) is 16.1. The summed E-state index contributed by atoms with van der Waals surface area (Å²) in [5, 5.41) is 13.2. The van der Waals surface area contributed by atoms with Gasteiger partial charge in [-0.25, -0.2) is 0 Å². The lowest BCUT2D eigenvalue weighted by molar-refractivity contribution is -0.125. The lowest BCUT2D eigenvalue weighted by Gasteiger charge is -2.28. The van der Waals surface area contributed by atoms with Crippen molar-refractivity contribution < 1.29 is 9.90 Å². The summed E-state index contributed by atoms with van der Waals surface area (Å²) in [5.41, 5.74) is 2.17. The van der Waals surface area contributed by atoms with Gasteiger partial charge in [0.1, 0.15) is 0 Å². The molecule has 1 fully saturated rings. The van der Waals surface area contributed by atoms with E-state index in [-0.39, 0.29) is 12.3 Å². The molecule has 3 rings (SSSR count). The van der Waals surface area contributed by atoms with Crippen LogP contribution in [0.2, 0.25) is 0 Å². The van der Waals surface area contributed by atoms with Gasteiger partial charge in [-0.05, 0) is 36.8 Å². The number of hydrogen-bond acceptors (Lipinski definition) is 3. The molecule has 1 aliphatic heterocycles. The van der Waals surface area contributed by atoms with E-state index >= 15 is 0 Å². The summed E-state index contributed by atoms with van der Waals surface area (Å²) in [5.74, 6) is -0.00149. The third-order valence-corrected chi connectivity index (χ3v) is 5.21. The Morgan fingerprint density at radius 1 is 1.22 bits per heavy atom. The average molecular weight is 316 g/mol. The van der Waals surface area contributed by atoms with Crippen molar-refractivity contribution >= 4 is 5.91 Å². The van der Waals surface area contributed by atoms with Crippen molar-refractivity contribution in [3.8, 4) is 0 Å². The van der Waals surface area contributed by atoms with E-state index in [2.05, 4.69) is 34.5 Å². The Kier molecular flexibility index (Phi) is 5.34. The minimum absolute atomic E-state index is 0.00149. The summed E-state index contributed by atoms with van der Waals surface area (Å²) in [6, 6.07) is 8.66. The highest BCUT2D eigenvalue weighted by molar-refractivity contribution is 5.77. The average Bonchev–Trinajstić information content (AvgIpc) is 2.97. The first kappa shape index (κ1) is 16.5. The van der Waals surface area contributed by atoms with Crippen LogP contribution in [0.4, 0.5) is 0 Å². The van der Waals surface area contributed by atoms with Gasteiger partial charge in [-0.2, -0.15) is 0 Å². The summed E-state index contributed by atoms with van der Waals surface area (Å²) >= 11 is 0. The molecule has 4 heteroatoms. The van der Waals surface area contributed by atoms with Crippen molar-refractivity contribution in [1.29, 1.82) is 0 Å². The number of benzene rings is 1. The van der Waals surface area contributed by atoms with E-state index in [0.717, 1.165) is 58.2 Å². The summed E-state index contributed by atoms with van der Waals surface area (Å²) in [6.45, 7) is 3.83. The fourth-order valence-electron chi connectivity index (χ4n) is 3.85. The topological polar surface area (TPSA) is 52.6 Å². The molecule has 0 aromatic heterocycles. The molecule has 0 atom stereocenters. The third kappa shape index (κ3) is 4.55. The maximum absolute atomic E-state index is 11.9. The molecule has 0 bridgehead atoms. The number of aliphatic hydroxyl groups is 1. The van der Waals surface area contributed by atoms with Crippen LogP contribution in [0.25, 0.3) is 0 Å². The smallest absolute Gasteiger partial charge is 0.222 e. The summed E-state index contributed by atoms with van der Waals surface area (Å²) in [6.07, 6.45) is 5.98. The number of rotatable bonds is 6. The molecule has 1 amide bonds. The molecule has 23 heavy (non-hydrogen) atoms. The van der Waals surface area contributed by atoms with Crippen LogP contribution < -0.4 is 5.32 Å². The fraction of sp³-hybridized carbons (Fsp3) is 0.632. The van der Waals surface area contributed by atoms with Crippen molar-refractivity contribution in [3.63, 3.8) is 0 Å². The van der Waals surface area contributed by atoms with E-state index in [1.54, 1.807) is 0 Å². The second-order valence-corrected chi connectivity index (χ2v) is 7.11. The molecular formula is C19H28N2O2. The van der Waals surface area contributed by atoms with Crippen LogP contribution >= 0.6 is 0 Å². The Bertz CT molecular complexity index is 538. The van der Waals surface area contributed by atoms with E-state index in [9.17, 15) is 9.90 Å². The Morgan fingerprint density at radius 2 is 1.96 bits per heavy atom. The molecule has 1 aliphatic carbocycles. The standard InChI is InChI=1S/C19H28N2O2/c22-18(14-19(23)9-3-4-10-19)20-11-5-12-21-13-8-16-6-1-2-7-17(16)15-21/h1-2,6-7,23H,3-5,8-15H2,(H,20,22).